The van der Waals surface area contributed by atoms with Gasteiger partial charge in [0, 0.05) is 12.6 Å². The van der Waals surface area contributed by atoms with Gasteiger partial charge in [0.05, 0.1) is 5.92 Å². The Morgan fingerprint density at radius 1 is 1.67 bits per heavy atom. The fourth-order valence-electron chi connectivity index (χ4n) is 2.26. The van der Waals surface area contributed by atoms with Crippen molar-refractivity contribution in [2.24, 2.45) is 17.6 Å². The standard InChI is InChI=1S/C11H22N2O2/c1-8(11(14)15)6-10(12)9-4-3-5-13(2)7-9/h8-10H,3-7,12H2,1-2H3,(H,14,15). The van der Waals surface area contributed by atoms with Crippen LogP contribution in [-0.4, -0.2) is 42.2 Å². The number of piperidine rings is 1. The van der Waals surface area contributed by atoms with Crippen LogP contribution in [0.2, 0.25) is 0 Å². The SMILES string of the molecule is CC(CC(N)C1CCCN(C)C1)C(=O)O. The molecule has 4 heteroatoms. The van der Waals surface area contributed by atoms with Gasteiger partial charge >= 0.3 is 5.97 Å². The van der Waals surface area contributed by atoms with Gasteiger partial charge in [0.1, 0.15) is 0 Å². The largest absolute Gasteiger partial charge is 0.481 e. The molecule has 0 bridgehead atoms. The van der Waals surface area contributed by atoms with Crippen molar-refractivity contribution in [2.75, 3.05) is 20.1 Å². The van der Waals surface area contributed by atoms with E-state index in [1.165, 1.54) is 6.42 Å². The van der Waals surface area contributed by atoms with E-state index in [9.17, 15) is 4.79 Å². The van der Waals surface area contributed by atoms with E-state index < -0.39 is 5.97 Å². The van der Waals surface area contributed by atoms with Crippen LogP contribution < -0.4 is 5.73 Å². The van der Waals surface area contributed by atoms with Crippen LogP contribution in [-0.2, 0) is 4.79 Å². The maximum absolute atomic E-state index is 10.7. The topological polar surface area (TPSA) is 66.6 Å². The molecule has 0 radical (unpaired) electrons. The Labute approximate surface area is 91.4 Å². The molecule has 0 aromatic carbocycles. The Morgan fingerprint density at radius 2 is 2.33 bits per heavy atom. The van der Waals surface area contributed by atoms with E-state index in [-0.39, 0.29) is 12.0 Å². The van der Waals surface area contributed by atoms with Crippen molar-refractivity contribution in [3.63, 3.8) is 0 Å². The molecule has 0 amide bonds. The van der Waals surface area contributed by atoms with Crippen molar-refractivity contribution >= 4 is 5.97 Å². The van der Waals surface area contributed by atoms with Crippen LogP contribution in [0.25, 0.3) is 0 Å². The number of carboxylic acids is 1. The van der Waals surface area contributed by atoms with E-state index in [4.69, 9.17) is 10.8 Å². The van der Waals surface area contributed by atoms with Crippen LogP contribution in [0.3, 0.4) is 0 Å². The molecule has 1 saturated heterocycles. The van der Waals surface area contributed by atoms with Gasteiger partial charge in [-0.1, -0.05) is 6.92 Å². The Balaban J connectivity index is 2.38. The summed E-state index contributed by atoms with van der Waals surface area (Å²) in [7, 11) is 2.10. The Hall–Kier alpha value is -0.610. The van der Waals surface area contributed by atoms with Crippen molar-refractivity contribution < 1.29 is 9.90 Å². The molecule has 0 aliphatic carbocycles. The van der Waals surface area contributed by atoms with Crippen molar-refractivity contribution in [1.29, 1.82) is 0 Å². The molecule has 0 spiro atoms. The average molecular weight is 214 g/mol. The van der Waals surface area contributed by atoms with Gasteiger partial charge in [-0.15, -0.1) is 0 Å². The van der Waals surface area contributed by atoms with Crippen LogP contribution in [0.5, 0.6) is 0 Å². The van der Waals surface area contributed by atoms with E-state index >= 15 is 0 Å². The number of hydrogen-bond acceptors (Lipinski definition) is 3. The predicted molar refractivity (Wildman–Crippen MR) is 59.6 cm³/mol. The molecule has 88 valence electrons. The first-order valence-electron chi connectivity index (χ1n) is 5.67. The monoisotopic (exact) mass is 214 g/mol. The molecular weight excluding hydrogens is 192 g/mol. The molecule has 1 aliphatic rings. The highest BCUT2D eigenvalue weighted by molar-refractivity contribution is 5.69. The summed E-state index contributed by atoms with van der Waals surface area (Å²) in [6.07, 6.45) is 2.90. The number of carbonyl (C=O) groups is 1. The quantitative estimate of drug-likeness (QED) is 0.725. The molecule has 0 aromatic heterocycles. The van der Waals surface area contributed by atoms with Crippen molar-refractivity contribution in [3.05, 3.63) is 0 Å². The number of likely N-dealkylation sites (tertiary alicyclic amines) is 1. The Kier molecular flexibility index (Phi) is 4.54. The zero-order valence-electron chi connectivity index (χ0n) is 9.65. The van der Waals surface area contributed by atoms with E-state index in [1.54, 1.807) is 6.92 Å². The molecular formula is C11H22N2O2. The minimum atomic E-state index is -0.741. The number of carboxylic acid groups (broad SMARTS) is 1. The summed E-state index contributed by atoms with van der Waals surface area (Å²) >= 11 is 0. The van der Waals surface area contributed by atoms with Crippen molar-refractivity contribution in [1.82, 2.24) is 4.90 Å². The van der Waals surface area contributed by atoms with Gasteiger partial charge in [-0.3, -0.25) is 4.79 Å². The average Bonchev–Trinajstić information content (AvgIpc) is 2.17. The Morgan fingerprint density at radius 3 is 2.87 bits per heavy atom. The van der Waals surface area contributed by atoms with Crippen molar-refractivity contribution in [3.8, 4) is 0 Å². The van der Waals surface area contributed by atoms with Gasteiger partial charge in [-0.05, 0) is 38.8 Å². The summed E-state index contributed by atoms with van der Waals surface area (Å²) < 4.78 is 0. The normalized spacial score (nSPS) is 27.3. The van der Waals surface area contributed by atoms with Gasteiger partial charge in [0.25, 0.3) is 0 Å². The van der Waals surface area contributed by atoms with Crippen molar-refractivity contribution in [2.45, 2.75) is 32.2 Å². The minimum absolute atomic E-state index is 0.0267. The zero-order chi connectivity index (χ0) is 11.4. The highest BCUT2D eigenvalue weighted by atomic mass is 16.4. The molecule has 1 heterocycles. The first-order chi connectivity index (χ1) is 7.00. The van der Waals surface area contributed by atoms with Gasteiger partial charge < -0.3 is 15.7 Å². The number of nitrogens with two attached hydrogens (primary N) is 1. The van der Waals surface area contributed by atoms with E-state index in [2.05, 4.69) is 11.9 Å². The lowest BCUT2D eigenvalue weighted by Gasteiger charge is -2.33. The third-order valence-corrected chi connectivity index (χ3v) is 3.31. The van der Waals surface area contributed by atoms with E-state index in [0.717, 1.165) is 19.5 Å². The summed E-state index contributed by atoms with van der Waals surface area (Å²) in [4.78, 5) is 13.0. The minimum Gasteiger partial charge on any atom is -0.481 e. The molecule has 3 unspecified atom stereocenters. The summed E-state index contributed by atoms with van der Waals surface area (Å²) in [6, 6.07) is 0.0267. The van der Waals surface area contributed by atoms with Crippen LogP contribution in [0.4, 0.5) is 0 Å². The van der Waals surface area contributed by atoms with Gasteiger partial charge in [-0.25, -0.2) is 0 Å². The van der Waals surface area contributed by atoms with Crippen LogP contribution in [0, 0.1) is 11.8 Å². The maximum Gasteiger partial charge on any atom is 0.306 e. The first-order valence-corrected chi connectivity index (χ1v) is 5.67. The summed E-state index contributed by atoms with van der Waals surface area (Å²) in [6.45, 7) is 3.87. The smallest absolute Gasteiger partial charge is 0.306 e. The molecule has 4 nitrogen and oxygen atoms in total. The number of rotatable bonds is 4. The molecule has 3 atom stereocenters. The summed E-state index contributed by atoms with van der Waals surface area (Å²) in [5.74, 6) is -0.604. The third-order valence-electron chi connectivity index (χ3n) is 3.31. The number of nitrogens with zero attached hydrogens (tertiary/aromatic N) is 1. The lowest BCUT2D eigenvalue weighted by Crippen LogP contribution is -2.43. The molecule has 1 rings (SSSR count). The molecule has 0 aromatic rings. The lowest BCUT2D eigenvalue weighted by atomic mass is 9.86. The lowest BCUT2D eigenvalue weighted by molar-refractivity contribution is -0.141. The van der Waals surface area contributed by atoms with Gasteiger partial charge in [0.2, 0.25) is 0 Å². The van der Waals surface area contributed by atoms with E-state index in [0.29, 0.717) is 12.3 Å². The first kappa shape index (κ1) is 12.5. The van der Waals surface area contributed by atoms with Crippen LogP contribution in [0.15, 0.2) is 0 Å². The molecule has 1 fully saturated rings. The summed E-state index contributed by atoms with van der Waals surface area (Å²) in [5.41, 5.74) is 6.06. The molecule has 3 N–H and O–H groups in total. The molecule has 1 aliphatic heterocycles. The zero-order valence-corrected chi connectivity index (χ0v) is 9.65. The fourth-order valence-corrected chi connectivity index (χ4v) is 2.26. The summed E-state index contributed by atoms with van der Waals surface area (Å²) in [5, 5.41) is 8.82. The molecule has 0 saturated carbocycles. The Bertz CT molecular complexity index is 221. The number of hydrogen-bond donors (Lipinski definition) is 2. The maximum atomic E-state index is 10.7. The second-order valence-corrected chi connectivity index (χ2v) is 4.80. The highest BCUT2D eigenvalue weighted by Gasteiger charge is 2.26. The second kappa shape index (κ2) is 5.47. The van der Waals surface area contributed by atoms with Crippen LogP contribution in [0.1, 0.15) is 26.2 Å². The predicted octanol–water partition coefficient (Wildman–Crippen LogP) is 0.766. The highest BCUT2D eigenvalue weighted by Crippen LogP contribution is 2.21. The van der Waals surface area contributed by atoms with Gasteiger partial charge in [-0.2, -0.15) is 0 Å². The fraction of sp³-hybridized carbons (Fsp3) is 0.909. The molecule has 15 heavy (non-hydrogen) atoms. The van der Waals surface area contributed by atoms with Crippen LogP contribution >= 0.6 is 0 Å². The van der Waals surface area contributed by atoms with Gasteiger partial charge in [0.15, 0.2) is 0 Å². The third kappa shape index (κ3) is 3.80. The second-order valence-electron chi connectivity index (χ2n) is 4.80. The number of aliphatic carboxylic acids is 1. The van der Waals surface area contributed by atoms with E-state index in [1.807, 2.05) is 0 Å².